The third kappa shape index (κ3) is 6.76. The van der Waals surface area contributed by atoms with Crippen LogP contribution in [-0.2, 0) is 20.3 Å². The summed E-state index contributed by atoms with van der Waals surface area (Å²) in [4.78, 5) is 23.6. The average Bonchev–Trinajstić information content (AvgIpc) is 2.89. The zero-order valence-electron chi connectivity index (χ0n) is 20.8. The number of rotatable bonds is 8. The number of hydrogen-bond acceptors (Lipinski definition) is 7. The van der Waals surface area contributed by atoms with Gasteiger partial charge in [0, 0.05) is 35.4 Å². The number of nitrogens with zero attached hydrogens (tertiary/aromatic N) is 3. The van der Waals surface area contributed by atoms with E-state index in [1.807, 2.05) is 6.92 Å². The fourth-order valence-electron chi connectivity index (χ4n) is 4.09. The zero-order valence-corrected chi connectivity index (χ0v) is 22.3. The van der Waals surface area contributed by atoms with Crippen molar-refractivity contribution < 1.29 is 17.9 Å². The average molecular weight is 544 g/mol. The largest absolute Gasteiger partial charge is 0.377 e. The Kier molecular flexibility index (Phi) is 8.63. The second-order valence-electron chi connectivity index (χ2n) is 8.65. The van der Waals surface area contributed by atoms with Crippen LogP contribution in [0.5, 0.6) is 0 Å². The first-order valence-corrected chi connectivity index (χ1v) is 14.2. The van der Waals surface area contributed by atoms with Crippen LogP contribution in [0.25, 0.3) is 11.4 Å². The summed E-state index contributed by atoms with van der Waals surface area (Å²) in [6.45, 7) is 6.24. The van der Waals surface area contributed by atoms with Gasteiger partial charge in [0.2, 0.25) is 0 Å². The van der Waals surface area contributed by atoms with Crippen LogP contribution in [-0.4, -0.2) is 56.8 Å². The third-order valence-corrected chi connectivity index (χ3v) is 7.93. The van der Waals surface area contributed by atoms with Gasteiger partial charge in [-0.05, 0) is 61.9 Å². The van der Waals surface area contributed by atoms with Crippen LogP contribution in [0.4, 0.5) is 16.3 Å². The number of sulfone groups is 1. The minimum atomic E-state index is -3.67. The normalized spacial score (nSPS) is 15.9. The summed E-state index contributed by atoms with van der Waals surface area (Å²) in [6.07, 6.45) is 0.859. The number of morpholine rings is 1. The SMILES string of the molecule is CCNC(=O)Nc1ccc(-c2nc(CS(=O)(=O)c3ccc(Cl)cc3)cc(N3CCOC[C@@H]3CC)n2)cc1. The van der Waals surface area contributed by atoms with Crippen molar-refractivity contribution in [1.82, 2.24) is 15.3 Å². The fourth-order valence-corrected chi connectivity index (χ4v) is 5.47. The van der Waals surface area contributed by atoms with Gasteiger partial charge in [-0.25, -0.2) is 23.2 Å². The van der Waals surface area contributed by atoms with Crippen molar-refractivity contribution in [2.45, 2.75) is 37.0 Å². The maximum atomic E-state index is 13.2. The molecule has 1 aliphatic rings. The molecule has 0 aliphatic carbocycles. The molecule has 196 valence electrons. The van der Waals surface area contributed by atoms with E-state index in [0.29, 0.717) is 59.9 Å². The van der Waals surface area contributed by atoms with Gasteiger partial charge in [-0.2, -0.15) is 0 Å². The van der Waals surface area contributed by atoms with Gasteiger partial charge in [0.1, 0.15) is 5.82 Å². The third-order valence-electron chi connectivity index (χ3n) is 6.01. The summed E-state index contributed by atoms with van der Waals surface area (Å²) in [7, 11) is -3.67. The van der Waals surface area contributed by atoms with E-state index in [1.165, 1.54) is 12.1 Å². The summed E-state index contributed by atoms with van der Waals surface area (Å²) in [5.41, 5.74) is 1.71. The molecule has 0 radical (unpaired) electrons. The highest BCUT2D eigenvalue weighted by molar-refractivity contribution is 7.90. The number of hydrogen-bond donors (Lipinski definition) is 2. The van der Waals surface area contributed by atoms with Crippen molar-refractivity contribution >= 4 is 39.0 Å². The lowest BCUT2D eigenvalue weighted by Gasteiger charge is -2.36. The van der Waals surface area contributed by atoms with Gasteiger partial charge in [-0.3, -0.25) is 0 Å². The minimum absolute atomic E-state index is 0.126. The Balaban J connectivity index is 1.70. The predicted octanol–water partition coefficient (Wildman–Crippen LogP) is 4.53. The van der Waals surface area contributed by atoms with Crippen LogP contribution in [0.2, 0.25) is 5.02 Å². The molecule has 2 aromatic carbocycles. The van der Waals surface area contributed by atoms with Gasteiger partial charge in [0.15, 0.2) is 15.7 Å². The molecular weight excluding hydrogens is 514 g/mol. The number of benzene rings is 2. The molecule has 1 fully saturated rings. The second-order valence-corrected chi connectivity index (χ2v) is 11.1. The Morgan fingerprint density at radius 1 is 1.11 bits per heavy atom. The number of anilines is 2. The highest BCUT2D eigenvalue weighted by atomic mass is 35.5. The molecule has 1 saturated heterocycles. The van der Waals surface area contributed by atoms with Gasteiger partial charge in [0.05, 0.1) is 35.6 Å². The molecule has 11 heteroatoms. The van der Waals surface area contributed by atoms with Crippen molar-refractivity contribution in [2.24, 2.45) is 0 Å². The van der Waals surface area contributed by atoms with Crippen LogP contribution in [0.3, 0.4) is 0 Å². The molecule has 0 bridgehead atoms. The van der Waals surface area contributed by atoms with Gasteiger partial charge < -0.3 is 20.3 Å². The van der Waals surface area contributed by atoms with Gasteiger partial charge in [0.25, 0.3) is 0 Å². The predicted molar refractivity (Wildman–Crippen MR) is 145 cm³/mol. The van der Waals surface area contributed by atoms with Crippen LogP contribution < -0.4 is 15.5 Å². The number of halogens is 1. The molecule has 37 heavy (non-hydrogen) atoms. The lowest BCUT2D eigenvalue weighted by molar-refractivity contribution is 0.0925. The second kappa shape index (κ2) is 11.9. The molecule has 2 heterocycles. The van der Waals surface area contributed by atoms with Crippen molar-refractivity contribution in [2.75, 3.05) is 36.5 Å². The maximum absolute atomic E-state index is 13.2. The first-order chi connectivity index (χ1) is 17.8. The molecule has 1 aromatic heterocycles. The monoisotopic (exact) mass is 543 g/mol. The first kappa shape index (κ1) is 26.8. The number of carbonyl (C=O) groups is 1. The molecule has 4 rings (SSSR count). The molecule has 3 aromatic rings. The Morgan fingerprint density at radius 3 is 2.51 bits per heavy atom. The number of amides is 2. The Bertz CT molecular complexity index is 1330. The molecule has 0 unspecified atom stereocenters. The summed E-state index contributed by atoms with van der Waals surface area (Å²) in [5, 5.41) is 5.91. The molecule has 2 N–H and O–H groups in total. The molecular formula is C26H30ClN5O4S. The Morgan fingerprint density at radius 2 is 1.84 bits per heavy atom. The lowest BCUT2D eigenvalue weighted by Crippen LogP contribution is -2.45. The highest BCUT2D eigenvalue weighted by Gasteiger charge is 2.25. The zero-order chi connectivity index (χ0) is 26.4. The number of nitrogens with one attached hydrogen (secondary N) is 2. The Labute approximate surface area is 222 Å². The summed E-state index contributed by atoms with van der Waals surface area (Å²) < 4.78 is 32.0. The van der Waals surface area contributed by atoms with E-state index in [9.17, 15) is 13.2 Å². The number of ether oxygens (including phenoxy) is 1. The molecule has 1 atom stereocenters. The van der Waals surface area contributed by atoms with E-state index in [1.54, 1.807) is 42.5 Å². The number of urea groups is 1. The van der Waals surface area contributed by atoms with Crippen molar-refractivity contribution in [3.63, 3.8) is 0 Å². The number of carbonyl (C=O) groups excluding carboxylic acids is 1. The summed E-state index contributed by atoms with van der Waals surface area (Å²) in [5.74, 6) is 0.783. The smallest absolute Gasteiger partial charge is 0.319 e. The van der Waals surface area contributed by atoms with Crippen molar-refractivity contribution in [3.05, 3.63) is 65.3 Å². The summed E-state index contributed by atoms with van der Waals surface area (Å²) in [6, 6.07) is 14.8. The van der Waals surface area contributed by atoms with Crippen LogP contribution >= 0.6 is 11.6 Å². The molecule has 0 saturated carbocycles. The van der Waals surface area contributed by atoms with Crippen LogP contribution in [0.1, 0.15) is 26.0 Å². The first-order valence-electron chi connectivity index (χ1n) is 12.1. The molecule has 2 amide bonds. The quantitative estimate of drug-likeness (QED) is 0.429. The van der Waals surface area contributed by atoms with Crippen molar-refractivity contribution in [3.8, 4) is 11.4 Å². The van der Waals surface area contributed by atoms with E-state index in [2.05, 4.69) is 27.4 Å². The summed E-state index contributed by atoms with van der Waals surface area (Å²) >= 11 is 5.94. The van der Waals surface area contributed by atoms with Crippen LogP contribution in [0, 0.1) is 0 Å². The van der Waals surface area contributed by atoms with E-state index in [0.717, 1.165) is 6.42 Å². The molecule has 9 nitrogen and oxygen atoms in total. The molecule has 1 aliphatic heterocycles. The van der Waals surface area contributed by atoms with Crippen molar-refractivity contribution in [1.29, 1.82) is 0 Å². The lowest BCUT2D eigenvalue weighted by atomic mass is 10.1. The van der Waals surface area contributed by atoms with E-state index >= 15 is 0 Å². The van der Waals surface area contributed by atoms with Gasteiger partial charge in [-0.15, -0.1) is 0 Å². The van der Waals surface area contributed by atoms with Gasteiger partial charge >= 0.3 is 6.03 Å². The van der Waals surface area contributed by atoms with Crippen LogP contribution in [0.15, 0.2) is 59.5 Å². The van der Waals surface area contributed by atoms with E-state index < -0.39 is 9.84 Å². The Hall–Kier alpha value is -3.21. The topological polar surface area (TPSA) is 114 Å². The highest BCUT2D eigenvalue weighted by Crippen LogP contribution is 2.27. The molecule has 0 spiro atoms. The van der Waals surface area contributed by atoms with Gasteiger partial charge in [-0.1, -0.05) is 18.5 Å². The standard InChI is InChI=1S/C26H30ClN5O4S/c1-3-22-16-36-14-13-32(22)24-15-21(17-37(34,35)23-11-7-19(27)8-12-23)29-25(31-24)18-5-9-20(10-6-18)30-26(33)28-4-2/h5-12,15,22H,3-4,13-14,16-17H2,1-2H3,(H2,28,30,33)/t22-/m0/s1. The maximum Gasteiger partial charge on any atom is 0.319 e. The van der Waals surface area contributed by atoms with E-state index in [4.69, 9.17) is 21.3 Å². The fraction of sp³-hybridized carbons (Fsp3) is 0.346. The number of aromatic nitrogens is 2. The minimum Gasteiger partial charge on any atom is -0.377 e. The van der Waals surface area contributed by atoms with E-state index in [-0.39, 0.29) is 22.7 Å².